The van der Waals surface area contributed by atoms with E-state index in [1.54, 1.807) is 0 Å². The number of nitrogens with zero attached hydrogens (tertiary/aromatic N) is 2. The van der Waals surface area contributed by atoms with E-state index in [2.05, 4.69) is 103 Å². The van der Waals surface area contributed by atoms with E-state index in [-0.39, 0.29) is 0 Å². The molecule has 28 heavy (non-hydrogen) atoms. The average Bonchev–Trinajstić information content (AvgIpc) is 3.05. The molecular weight excluding hydrogens is 340 g/mol. The predicted octanol–water partition coefficient (Wildman–Crippen LogP) is 6.56. The van der Waals surface area contributed by atoms with E-state index in [4.69, 9.17) is 4.98 Å². The normalized spacial score (nSPS) is 11.6. The van der Waals surface area contributed by atoms with Gasteiger partial charge in [0.15, 0.2) is 0 Å². The van der Waals surface area contributed by atoms with Crippen LogP contribution in [0.4, 0.5) is 0 Å². The summed E-state index contributed by atoms with van der Waals surface area (Å²) in [6.45, 7) is 0. The van der Waals surface area contributed by atoms with Crippen LogP contribution in [0.1, 0.15) is 11.3 Å². The minimum atomic E-state index is 0.985. The number of hydrogen-bond donors (Lipinski definition) is 0. The Hall–Kier alpha value is -3.65. The quantitative estimate of drug-likeness (QED) is 0.356. The highest BCUT2D eigenvalue weighted by Gasteiger charge is 2.13. The topological polar surface area (TPSA) is 17.8 Å². The third-order valence-corrected chi connectivity index (χ3v) is 5.23. The van der Waals surface area contributed by atoms with Crippen molar-refractivity contribution in [3.8, 4) is 11.1 Å². The van der Waals surface area contributed by atoms with Gasteiger partial charge in [0.1, 0.15) is 0 Å². The molecule has 0 aliphatic carbocycles. The number of benzene rings is 3. The number of pyridine rings is 1. The first-order valence-electron chi connectivity index (χ1n) is 9.48. The molecule has 0 saturated carbocycles. The van der Waals surface area contributed by atoms with E-state index in [1.807, 2.05) is 12.1 Å². The van der Waals surface area contributed by atoms with Crippen molar-refractivity contribution in [3.63, 3.8) is 0 Å². The molecule has 0 saturated heterocycles. The highest BCUT2D eigenvalue weighted by molar-refractivity contribution is 6.07. The molecule has 0 bridgehead atoms. The van der Waals surface area contributed by atoms with Gasteiger partial charge in [-0.05, 0) is 29.3 Å². The molecule has 0 unspecified atom stereocenters. The van der Waals surface area contributed by atoms with Crippen molar-refractivity contribution < 1.29 is 0 Å². The summed E-state index contributed by atoms with van der Waals surface area (Å²) in [4.78, 5) is 5.11. The fourth-order valence-electron chi connectivity index (χ4n) is 3.78. The van der Waals surface area contributed by atoms with Crippen molar-refractivity contribution in [1.29, 1.82) is 0 Å². The molecule has 3 aromatic carbocycles. The molecule has 0 atom stereocenters. The van der Waals surface area contributed by atoms with Gasteiger partial charge >= 0.3 is 0 Å². The molecule has 2 heteroatoms. The molecule has 0 fully saturated rings. The van der Waals surface area contributed by atoms with Crippen molar-refractivity contribution >= 4 is 34.1 Å². The Morgan fingerprint density at radius 2 is 1.39 bits per heavy atom. The van der Waals surface area contributed by atoms with Crippen molar-refractivity contribution in [3.05, 3.63) is 102 Å². The lowest BCUT2D eigenvalue weighted by atomic mass is 10.0. The molecule has 0 radical (unpaired) electrons. The standard InChI is InChI=1S/C26H20N2/c1-28-24-15-9-8-14-21(24)26-25(28)18-22(20-12-6-3-7-13-20)23(27-26)17-16-19-10-4-2-5-11-19/h2-18H,1H3/b17-16+. The molecule has 0 aliphatic heterocycles. The first-order chi connectivity index (χ1) is 13.8. The third-order valence-electron chi connectivity index (χ3n) is 5.23. The van der Waals surface area contributed by atoms with Crippen LogP contribution in [0.25, 0.3) is 45.2 Å². The summed E-state index contributed by atoms with van der Waals surface area (Å²) in [6, 6.07) is 31.6. The van der Waals surface area contributed by atoms with Crippen molar-refractivity contribution in [2.75, 3.05) is 0 Å². The Morgan fingerprint density at radius 3 is 2.18 bits per heavy atom. The molecule has 0 aliphatic rings. The zero-order valence-corrected chi connectivity index (χ0v) is 15.7. The maximum atomic E-state index is 5.11. The van der Waals surface area contributed by atoms with Gasteiger partial charge in [-0.15, -0.1) is 0 Å². The van der Waals surface area contributed by atoms with Crippen molar-refractivity contribution in [1.82, 2.24) is 9.55 Å². The number of para-hydroxylation sites is 1. The van der Waals surface area contributed by atoms with Crippen LogP contribution >= 0.6 is 0 Å². The average molecular weight is 360 g/mol. The van der Waals surface area contributed by atoms with Gasteiger partial charge in [-0.2, -0.15) is 0 Å². The number of aromatic nitrogens is 2. The van der Waals surface area contributed by atoms with Gasteiger partial charge in [0.25, 0.3) is 0 Å². The number of aryl methyl sites for hydroxylation is 1. The molecule has 0 amide bonds. The van der Waals surface area contributed by atoms with E-state index in [0.29, 0.717) is 0 Å². The fraction of sp³-hybridized carbons (Fsp3) is 0.0385. The second-order valence-electron chi connectivity index (χ2n) is 6.98. The molecule has 0 spiro atoms. The largest absolute Gasteiger partial charge is 0.342 e. The lowest BCUT2D eigenvalue weighted by Gasteiger charge is -2.08. The van der Waals surface area contributed by atoms with Crippen LogP contribution in [0.3, 0.4) is 0 Å². The van der Waals surface area contributed by atoms with Gasteiger partial charge in [0.05, 0.1) is 22.2 Å². The minimum absolute atomic E-state index is 0.985. The van der Waals surface area contributed by atoms with E-state index >= 15 is 0 Å². The Kier molecular flexibility index (Phi) is 4.02. The van der Waals surface area contributed by atoms with Gasteiger partial charge in [-0.1, -0.05) is 84.9 Å². The number of rotatable bonds is 3. The van der Waals surface area contributed by atoms with Gasteiger partial charge in [-0.25, -0.2) is 4.98 Å². The summed E-state index contributed by atoms with van der Waals surface area (Å²) in [5.74, 6) is 0. The van der Waals surface area contributed by atoms with Gasteiger partial charge in [-0.3, -0.25) is 0 Å². The molecule has 2 heterocycles. The highest BCUT2D eigenvalue weighted by Crippen LogP contribution is 2.33. The smallest absolute Gasteiger partial charge is 0.0967 e. The van der Waals surface area contributed by atoms with E-state index in [9.17, 15) is 0 Å². The molecular formula is C26H20N2. The van der Waals surface area contributed by atoms with Crippen LogP contribution in [0.2, 0.25) is 0 Å². The van der Waals surface area contributed by atoms with E-state index in [0.717, 1.165) is 22.3 Å². The number of fused-ring (bicyclic) bond motifs is 3. The van der Waals surface area contributed by atoms with Crippen LogP contribution in [-0.2, 0) is 7.05 Å². The maximum absolute atomic E-state index is 5.11. The zero-order chi connectivity index (χ0) is 18.9. The van der Waals surface area contributed by atoms with E-state index in [1.165, 1.54) is 22.0 Å². The Bertz CT molecular complexity index is 1300. The molecule has 5 rings (SSSR count). The lowest BCUT2D eigenvalue weighted by molar-refractivity contribution is 1.01. The van der Waals surface area contributed by atoms with Crippen molar-refractivity contribution in [2.45, 2.75) is 0 Å². The maximum Gasteiger partial charge on any atom is 0.0967 e. The Labute approximate surface area is 164 Å². The SMILES string of the molecule is Cn1c2ccccc2c2nc(/C=C/c3ccccc3)c(-c3ccccc3)cc21. The first kappa shape index (κ1) is 16.5. The molecule has 2 nitrogen and oxygen atoms in total. The Morgan fingerprint density at radius 1 is 0.714 bits per heavy atom. The monoisotopic (exact) mass is 360 g/mol. The van der Waals surface area contributed by atoms with Crippen LogP contribution in [0.5, 0.6) is 0 Å². The first-order valence-corrected chi connectivity index (χ1v) is 9.48. The molecule has 134 valence electrons. The minimum Gasteiger partial charge on any atom is -0.342 e. The summed E-state index contributed by atoms with van der Waals surface area (Å²) >= 11 is 0. The fourth-order valence-corrected chi connectivity index (χ4v) is 3.78. The predicted molar refractivity (Wildman–Crippen MR) is 119 cm³/mol. The van der Waals surface area contributed by atoms with Crippen LogP contribution in [-0.4, -0.2) is 9.55 Å². The zero-order valence-electron chi connectivity index (χ0n) is 15.7. The highest BCUT2D eigenvalue weighted by atomic mass is 15.0. The second kappa shape index (κ2) is 6.82. The molecule has 2 aromatic heterocycles. The van der Waals surface area contributed by atoms with Gasteiger partial charge in [0.2, 0.25) is 0 Å². The molecule has 0 N–H and O–H groups in total. The summed E-state index contributed by atoms with van der Waals surface area (Å²) in [6.07, 6.45) is 4.25. The van der Waals surface area contributed by atoms with E-state index < -0.39 is 0 Å². The van der Waals surface area contributed by atoms with Gasteiger partial charge in [0, 0.05) is 18.0 Å². The second-order valence-corrected chi connectivity index (χ2v) is 6.98. The van der Waals surface area contributed by atoms with Crippen molar-refractivity contribution in [2.24, 2.45) is 7.05 Å². The summed E-state index contributed by atoms with van der Waals surface area (Å²) < 4.78 is 2.23. The van der Waals surface area contributed by atoms with Gasteiger partial charge < -0.3 is 4.57 Å². The van der Waals surface area contributed by atoms with Crippen LogP contribution in [0, 0.1) is 0 Å². The Balaban J connectivity index is 1.78. The third kappa shape index (κ3) is 2.80. The summed E-state index contributed by atoms with van der Waals surface area (Å²) in [7, 11) is 2.11. The summed E-state index contributed by atoms with van der Waals surface area (Å²) in [5.41, 5.74) is 7.87. The molecule has 5 aromatic rings. The van der Waals surface area contributed by atoms with Crippen LogP contribution < -0.4 is 0 Å². The lowest BCUT2D eigenvalue weighted by Crippen LogP contribution is -1.92. The van der Waals surface area contributed by atoms with Crippen LogP contribution in [0.15, 0.2) is 91.0 Å². The summed E-state index contributed by atoms with van der Waals surface area (Å²) in [5, 5.41) is 1.19. The number of hydrogen-bond acceptors (Lipinski definition) is 1.